The van der Waals surface area contributed by atoms with E-state index in [1.165, 1.54) is 0 Å². The lowest BCUT2D eigenvalue weighted by Crippen LogP contribution is -2.19. The number of hydrogen-bond donors (Lipinski definition) is 0. The van der Waals surface area contributed by atoms with Gasteiger partial charge in [0.15, 0.2) is 0 Å². The Balaban J connectivity index is 2.26. The second-order valence-corrected chi connectivity index (χ2v) is 4.34. The third kappa shape index (κ3) is 2.61. The number of benzene rings is 1. The maximum Gasteiger partial charge on any atom is 0.146 e. The van der Waals surface area contributed by atoms with E-state index in [9.17, 15) is 0 Å². The lowest BCUT2D eigenvalue weighted by Gasteiger charge is -2.19. The molecule has 0 saturated heterocycles. The molecule has 0 spiro atoms. The summed E-state index contributed by atoms with van der Waals surface area (Å²) >= 11 is 6.12. The van der Waals surface area contributed by atoms with Gasteiger partial charge in [-0.25, -0.2) is 4.98 Å². The summed E-state index contributed by atoms with van der Waals surface area (Å²) in [5.74, 6) is 0.667. The fraction of sp³-hybridized carbons (Fsp3) is 0.143. The molecule has 0 aliphatic heterocycles. The van der Waals surface area contributed by atoms with Crippen LogP contribution in [-0.4, -0.2) is 12.0 Å². The summed E-state index contributed by atoms with van der Waals surface area (Å²) in [6.07, 6.45) is 1.68. The van der Waals surface area contributed by atoms with Crippen LogP contribution in [0.4, 0.5) is 5.82 Å². The van der Waals surface area contributed by atoms with E-state index >= 15 is 0 Å². The number of halogens is 1. The first-order valence-corrected chi connectivity index (χ1v) is 5.90. The minimum absolute atomic E-state index is 0.562. The molecule has 0 atom stereocenters. The number of nitrogens with zero attached hydrogens (tertiary/aromatic N) is 3. The summed E-state index contributed by atoms with van der Waals surface area (Å²) in [5, 5.41) is 9.77. The third-order valence-corrected chi connectivity index (χ3v) is 3.00. The summed E-state index contributed by atoms with van der Waals surface area (Å²) in [6.45, 7) is 0.616. The van der Waals surface area contributed by atoms with E-state index in [0.29, 0.717) is 17.9 Å². The predicted molar refractivity (Wildman–Crippen MR) is 72.5 cm³/mol. The SMILES string of the molecule is CN(Cc1ccccc1Cl)c1ncccc1C#N. The Kier molecular flexibility index (Phi) is 3.81. The second kappa shape index (κ2) is 5.52. The molecule has 0 radical (unpaired) electrons. The van der Waals surface area contributed by atoms with Crippen molar-refractivity contribution in [3.8, 4) is 6.07 Å². The topological polar surface area (TPSA) is 39.9 Å². The van der Waals surface area contributed by atoms with Crippen molar-refractivity contribution >= 4 is 17.4 Å². The van der Waals surface area contributed by atoms with Gasteiger partial charge in [0.05, 0.1) is 5.56 Å². The predicted octanol–water partition coefficient (Wildman–Crippen LogP) is 3.24. The van der Waals surface area contributed by atoms with E-state index in [1.54, 1.807) is 18.3 Å². The normalized spacial score (nSPS) is 9.83. The van der Waals surface area contributed by atoms with Crippen LogP contribution < -0.4 is 4.90 Å². The minimum atomic E-state index is 0.562. The largest absolute Gasteiger partial charge is 0.354 e. The van der Waals surface area contributed by atoms with Gasteiger partial charge in [-0.1, -0.05) is 29.8 Å². The van der Waals surface area contributed by atoms with Gasteiger partial charge in [-0.05, 0) is 23.8 Å². The summed E-state index contributed by atoms with van der Waals surface area (Å²) in [4.78, 5) is 6.15. The Bertz CT molecular complexity index is 590. The highest BCUT2D eigenvalue weighted by atomic mass is 35.5. The van der Waals surface area contributed by atoms with Crippen LogP contribution in [0.2, 0.25) is 5.02 Å². The summed E-state index contributed by atoms with van der Waals surface area (Å²) in [5.41, 5.74) is 1.57. The molecule has 2 aromatic rings. The average Bonchev–Trinajstić information content (AvgIpc) is 2.41. The van der Waals surface area contributed by atoms with E-state index in [-0.39, 0.29) is 0 Å². The minimum Gasteiger partial charge on any atom is -0.354 e. The van der Waals surface area contributed by atoms with Crippen LogP contribution in [0.3, 0.4) is 0 Å². The van der Waals surface area contributed by atoms with Gasteiger partial charge in [0.25, 0.3) is 0 Å². The van der Waals surface area contributed by atoms with Crippen molar-refractivity contribution in [2.24, 2.45) is 0 Å². The van der Waals surface area contributed by atoms with E-state index in [0.717, 1.165) is 10.6 Å². The van der Waals surface area contributed by atoms with Crippen LogP contribution in [0.5, 0.6) is 0 Å². The molecule has 4 heteroatoms. The molecule has 1 aromatic heterocycles. The van der Waals surface area contributed by atoms with Crippen molar-refractivity contribution < 1.29 is 0 Å². The number of rotatable bonds is 3. The van der Waals surface area contributed by atoms with Crippen LogP contribution in [0.1, 0.15) is 11.1 Å². The molecule has 0 saturated carbocycles. The summed E-state index contributed by atoms with van der Waals surface area (Å²) < 4.78 is 0. The summed E-state index contributed by atoms with van der Waals surface area (Å²) in [7, 11) is 1.90. The van der Waals surface area contributed by atoms with Gasteiger partial charge in [0.1, 0.15) is 11.9 Å². The lowest BCUT2D eigenvalue weighted by molar-refractivity contribution is 0.895. The quantitative estimate of drug-likeness (QED) is 0.847. The fourth-order valence-corrected chi connectivity index (χ4v) is 1.94. The molecule has 90 valence electrons. The van der Waals surface area contributed by atoms with Crippen LogP contribution in [0, 0.1) is 11.3 Å². The molecule has 0 bridgehead atoms. The Morgan fingerprint density at radius 3 is 2.78 bits per heavy atom. The van der Waals surface area contributed by atoms with Gasteiger partial charge in [0.2, 0.25) is 0 Å². The van der Waals surface area contributed by atoms with E-state index in [1.807, 2.05) is 36.2 Å². The summed E-state index contributed by atoms with van der Waals surface area (Å²) in [6, 6.07) is 13.3. The van der Waals surface area contributed by atoms with Crippen molar-refractivity contribution in [3.63, 3.8) is 0 Å². The molecule has 0 unspecified atom stereocenters. The lowest BCUT2D eigenvalue weighted by atomic mass is 10.2. The first kappa shape index (κ1) is 12.4. The van der Waals surface area contributed by atoms with Crippen LogP contribution >= 0.6 is 11.6 Å². The highest BCUT2D eigenvalue weighted by molar-refractivity contribution is 6.31. The average molecular weight is 258 g/mol. The molecule has 18 heavy (non-hydrogen) atoms. The molecule has 1 aromatic carbocycles. The number of hydrogen-bond acceptors (Lipinski definition) is 3. The van der Waals surface area contributed by atoms with Crippen LogP contribution in [0.15, 0.2) is 42.6 Å². The Morgan fingerprint density at radius 2 is 2.06 bits per heavy atom. The van der Waals surface area contributed by atoms with E-state index in [2.05, 4.69) is 11.1 Å². The highest BCUT2D eigenvalue weighted by Gasteiger charge is 2.10. The van der Waals surface area contributed by atoms with Crippen molar-refractivity contribution in [2.45, 2.75) is 6.54 Å². The van der Waals surface area contributed by atoms with Crippen molar-refractivity contribution in [1.29, 1.82) is 5.26 Å². The molecule has 3 nitrogen and oxygen atoms in total. The molecular weight excluding hydrogens is 246 g/mol. The fourth-order valence-electron chi connectivity index (χ4n) is 1.75. The highest BCUT2D eigenvalue weighted by Crippen LogP contribution is 2.21. The molecule has 0 N–H and O–H groups in total. The zero-order chi connectivity index (χ0) is 13.0. The van der Waals surface area contributed by atoms with Crippen molar-refractivity contribution in [3.05, 3.63) is 58.7 Å². The number of anilines is 1. The maximum absolute atomic E-state index is 9.05. The first-order chi connectivity index (χ1) is 8.72. The molecule has 0 fully saturated rings. The Hall–Kier alpha value is -2.05. The molecular formula is C14H12ClN3. The molecule has 1 heterocycles. The first-order valence-electron chi connectivity index (χ1n) is 5.52. The van der Waals surface area contributed by atoms with Gasteiger partial charge in [-0.2, -0.15) is 5.26 Å². The van der Waals surface area contributed by atoms with Crippen LogP contribution in [0.25, 0.3) is 0 Å². The Morgan fingerprint density at radius 1 is 1.28 bits per heavy atom. The van der Waals surface area contributed by atoms with Crippen LogP contribution in [-0.2, 0) is 6.54 Å². The molecule has 0 amide bonds. The van der Waals surface area contributed by atoms with Crippen molar-refractivity contribution in [2.75, 3.05) is 11.9 Å². The number of pyridine rings is 1. The maximum atomic E-state index is 9.05. The van der Waals surface area contributed by atoms with Gasteiger partial charge in [-0.3, -0.25) is 0 Å². The monoisotopic (exact) mass is 257 g/mol. The number of nitriles is 1. The number of aromatic nitrogens is 1. The molecule has 2 rings (SSSR count). The van der Waals surface area contributed by atoms with Gasteiger partial charge >= 0.3 is 0 Å². The third-order valence-electron chi connectivity index (χ3n) is 2.63. The standard InChI is InChI=1S/C14H12ClN3/c1-18(10-12-5-2-3-7-13(12)15)14-11(9-16)6-4-8-17-14/h2-8H,10H2,1H3. The zero-order valence-corrected chi connectivity index (χ0v) is 10.7. The molecule has 0 aliphatic rings. The Labute approximate surface area is 111 Å². The van der Waals surface area contributed by atoms with Gasteiger partial charge in [0, 0.05) is 24.8 Å². The van der Waals surface area contributed by atoms with E-state index < -0.39 is 0 Å². The van der Waals surface area contributed by atoms with Crippen molar-refractivity contribution in [1.82, 2.24) is 4.98 Å². The smallest absolute Gasteiger partial charge is 0.146 e. The second-order valence-electron chi connectivity index (χ2n) is 3.93. The van der Waals surface area contributed by atoms with Gasteiger partial charge < -0.3 is 4.90 Å². The molecule has 0 aliphatic carbocycles. The van der Waals surface area contributed by atoms with E-state index in [4.69, 9.17) is 16.9 Å². The zero-order valence-electron chi connectivity index (χ0n) is 9.97. The van der Waals surface area contributed by atoms with Gasteiger partial charge in [-0.15, -0.1) is 0 Å².